The van der Waals surface area contributed by atoms with Crippen LogP contribution < -0.4 is 15.8 Å². The Hall–Kier alpha value is -4.29. The first-order valence-corrected chi connectivity index (χ1v) is 14.1. The van der Waals surface area contributed by atoms with Crippen LogP contribution >= 0.6 is 0 Å². The fourth-order valence-corrected chi connectivity index (χ4v) is 6.36. The Morgan fingerprint density at radius 1 is 1.00 bits per heavy atom. The number of fused-ring (bicyclic) bond motifs is 4. The molecule has 2 N–H and O–H groups in total. The molecule has 0 unspecified atom stereocenters. The number of carbonyl (C=O) groups is 1. The normalized spacial score (nSPS) is 16.9. The maximum absolute atomic E-state index is 13.8. The van der Waals surface area contributed by atoms with Crippen LogP contribution in [0, 0.1) is 0 Å². The molecule has 4 aromatic heterocycles. The van der Waals surface area contributed by atoms with Gasteiger partial charge in [-0.15, -0.1) is 0 Å². The van der Waals surface area contributed by atoms with Gasteiger partial charge in [0.05, 0.1) is 24.5 Å². The quantitative estimate of drug-likeness (QED) is 0.383. The van der Waals surface area contributed by atoms with Crippen LogP contribution in [0.2, 0.25) is 0 Å². The minimum atomic E-state index is -0.352. The second kappa shape index (κ2) is 9.96. The molecule has 0 saturated carbocycles. The van der Waals surface area contributed by atoms with Crippen molar-refractivity contribution in [1.82, 2.24) is 34.0 Å². The van der Waals surface area contributed by atoms with Gasteiger partial charge in [0.25, 0.3) is 11.5 Å². The fraction of sp³-hybridized carbons (Fsp3) is 0.414. The third-order valence-electron chi connectivity index (χ3n) is 8.46. The summed E-state index contributed by atoms with van der Waals surface area (Å²) in [5.41, 5.74) is 6.02. The molecule has 0 atom stereocenters. The lowest BCUT2D eigenvalue weighted by Gasteiger charge is -2.30. The Morgan fingerprint density at radius 2 is 1.85 bits per heavy atom. The van der Waals surface area contributed by atoms with E-state index in [2.05, 4.69) is 37.0 Å². The second-order valence-corrected chi connectivity index (χ2v) is 11.1. The Labute approximate surface area is 236 Å². The summed E-state index contributed by atoms with van der Waals surface area (Å²) in [5, 5.41) is 23.2. The van der Waals surface area contributed by atoms with Gasteiger partial charge in [-0.05, 0) is 50.4 Å². The monoisotopic (exact) mass is 555 g/mol. The van der Waals surface area contributed by atoms with E-state index >= 15 is 0 Å². The van der Waals surface area contributed by atoms with Crippen molar-refractivity contribution in [3.05, 3.63) is 69.0 Å². The highest BCUT2D eigenvalue weighted by molar-refractivity contribution is 6.06. The molecular weight excluding hydrogens is 522 g/mol. The van der Waals surface area contributed by atoms with Crippen molar-refractivity contribution in [1.29, 1.82) is 0 Å². The van der Waals surface area contributed by atoms with Gasteiger partial charge < -0.3 is 15.0 Å². The zero-order valence-corrected chi connectivity index (χ0v) is 23.3. The lowest BCUT2D eigenvalue weighted by Crippen LogP contribution is -2.41. The standard InChI is InChI=1S/C29H33N9O3/c1-34-9-12-38-19(16-34)14-25(32-38)31-22-15-26(40)35(2)33-27(22)20-7-8-30-28(21(20)17-39)37-11-10-36-23-6-4-3-5-18(23)13-24(36)29(37)41/h7-8,13-15,39H,3-6,9-12,16-17H2,1-2H3,(H,31,32). The van der Waals surface area contributed by atoms with E-state index in [9.17, 15) is 14.7 Å². The second-order valence-electron chi connectivity index (χ2n) is 11.1. The maximum atomic E-state index is 13.8. The number of aryl methyl sites for hydroxylation is 2. The van der Waals surface area contributed by atoms with E-state index in [1.54, 1.807) is 24.2 Å². The van der Waals surface area contributed by atoms with Crippen molar-refractivity contribution in [3.8, 4) is 11.3 Å². The van der Waals surface area contributed by atoms with Gasteiger partial charge in [0, 0.05) is 68.4 Å². The average molecular weight is 556 g/mol. The molecule has 0 fully saturated rings. The molecule has 12 nitrogen and oxygen atoms in total. The highest BCUT2D eigenvalue weighted by Gasteiger charge is 2.32. The molecule has 6 heterocycles. The average Bonchev–Trinajstić information content (AvgIpc) is 3.55. The summed E-state index contributed by atoms with van der Waals surface area (Å²) in [6.45, 7) is 3.27. The minimum Gasteiger partial charge on any atom is -0.392 e. The molecule has 0 saturated heterocycles. The number of nitrogens with one attached hydrogen (secondary N) is 1. The summed E-state index contributed by atoms with van der Waals surface area (Å²) < 4.78 is 5.39. The van der Waals surface area contributed by atoms with Gasteiger partial charge in [-0.3, -0.25) is 24.1 Å². The summed E-state index contributed by atoms with van der Waals surface area (Å²) in [7, 11) is 3.66. The maximum Gasteiger partial charge on any atom is 0.276 e. The SMILES string of the molecule is CN1CCn2nc(Nc3cc(=O)n(C)nc3-c3ccnc(N4CCn5c(cc6c5CCCC6)C4=O)c3CO)cc2C1. The molecule has 12 heteroatoms. The van der Waals surface area contributed by atoms with Gasteiger partial charge in [0.15, 0.2) is 5.82 Å². The van der Waals surface area contributed by atoms with Crippen molar-refractivity contribution in [2.45, 2.75) is 51.9 Å². The van der Waals surface area contributed by atoms with Crippen LogP contribution in [0.5, 0.6) is 0 Å². The molecule has 0 spiro atoms. The van der Waals surface area contributed by atoms with Gasteiger partial charge in [0.2, 0.25) is 0 Å². The zero-order chi connectivity index (χ0) is 28.2. The van der Waals surface area contributed by atoms with E-state index in [0.717, 1.165) is 51.0 Å². The highest BCUT2D eigenvalue weighted by atomic mass is 16.3. The van der Waals surface area contributed by atoms with Gasteiger partial charge in [-0.25, -0.2) is 9.67 Å². The number of carbonyl (C=O) groups excluding carboxylic acids is 1. The first-order valence-electron chi connectivity index (χ1n) is 14.1. The molecule has 41 heavy (non-hydrogen) atoms. The molecule has 7 rings (SSSR count). The summed E-state index contributed by atoms with van der Waals surface area (Å²) in [6.07, 6.45) is 5.92. The van der Waals surface area contributed by atoms with E-state index in [1.165, 1.54) is 22.0 Å². The van der Waals surface area contributed by atoms with Gasteiger partial charge in [-0.2, -0.15) is 10.2 Å². The number of rotatable bonds is 5. The largest absolute Gasteiger partial charge is 0.392 e. The number of amides is 1. The first kappa shape index (κ1) is 25.7. The lowest BCUT2D eigenvalue weighted by molar-refractivity contribution is 0.0963. The Kier molecular flexibility index (Phi) is 6.24. The van der Waals surface area contributed by atoms with E-state index in [-0.39, 0.29) is 18.1 Å². The topological polar surface area (TPSA) is 126 Å². The molecule has 4 aromatic rings. The number of nitrogens with zero attached hydrogens (tertiary/aromatic N) is 8. The molecule has 212 valence electrons. The van der Waals surface area contributed by atoms with Crippen LogP contribution in [-0.4, -0.2) is 65.2 Å². The first-order chi connectivity index (χ1) is 19.9. The van der Waals surface area contributed by atoms with Crippen LogP contribution in [0.15, 0.2) is 35.3 Å². The molecule has 0 bridgehead atoms. The van der Waals surface area contributed by atoms with E-state index < -0.39 is 0 Å². The Balaban J connectivity index is 1.28. The number of hydrogen-bond acceptors (Lipinski definition) is 8. The molecule has 0 radical (unpaired) electrons. The Bertz CT molecular complexity index is 1730. The number of likely N-dealkylation sites (N-methyl/N-ethyl adjacent to an activating group) is 1. The highest BCUT2D eigenvalue weighted by Crippen LogP contribution is 2.36. The molecule has 1 aliphatic carbocycles. The summed E-state index contributed by atoms with van der Waals surface area (Å²) in [6, 6.07) is 7.25. The fourth-order valence-electron chi connectivity index (χ4n) is 6.36. The molecule has 0 aromatic carbocycles. The van der Waals surface area contributed by atoms with Crippen LogP contribution in [-0.2, 0) is 46.1 Å². The minimum absolute atomic E-state index is 0.120. The number of anilines is 3. The van der Waals surface area contributed by atoms with Crippen molar-refractivity contribution in [3.63, 3.8) is 0 Å². The van der Waals surface area contributed by atoms with Crippen LogP contribution in [0.4, 0.5) is 17.3 Å². The van der Waals surface area contributed by atoms with E-state index in [0.29, 0.717) is 52.9 Å². The zero-order valence-electron chi connectivity index (χ0n) is 23.3. The third-order valence-corrected chi connectivity index (χ3v) is 8.46. The van der Waals surface area contributed by atoms with Crippen molar-refractivity contribution < 1.29 is 9.90 Å². The molecule has 2 aliphatic heterocycles. The van der Waals surface area contributed by atoms with Crippen molar-refractivity contribution >= 4 is 23.2 Å². The number of aliphatic hydroxyl groups excluding tert-OH is 1. The number of hydrogen-bond donors (Lipinski definition) is 2. The van der Waals surface area contributed by atoms with Gasteiger partial charge in [0.1, 0.15) is 17.2 Å². The lowest BCUT2D eigenvalue weighted by atomic mass is 9.98. The van der Waals surface area contributed by atoms with Crippen molar-refractivity contribution in [2.75, 3.05) is 30.4 Å². The van der Waals surface area contributed by atoms with Crippen LogP contribution in [0.3, 0.4) is 0 Å². The van der Waals surface area contributed by atoms with Gasteiger partial charge >= 0.3 is 0 Å². The summed E-state index contributed by atoms with van der Waals surface area (Å²) >= 11 is 0. The molecular formula is C29H33N9O3. The third kappa shape index (κ3) is 4.34. The summed E-state index contributed by atoms with van der Waals surface area (Å²) in [5.74, 6) is 0.898. The molecule has 1 amide bonds. The van der Waals surface area contributed by atoms with Gasteiger partial charge in [-0.1, -0.05) is 0 Å². The number of aromatic nitrogens is 6. The number of pyridine rings is 1. The van der Waals surface area contributed by atoms with E-state index in [1.807, 2.05) is 16.8 Å². The van der Waals surface area contributed by atoms with Crippen LogP contribution in [0.25, 0.3) is 11.3 Å². The number of aliphatic hydroxyl groups is 1. The summed E-state index contributed by atoms with van der Waals surface area (Å²) in [4.78, 5) is 34.9. The van der Waals surface area contributed by atoms with E-state index in [4.69, 9.17) is 0 Å². The predicted molar refractivity (Wildman–Crippen MR) is 153 cm³/mol. The smallest absolute Gasteiger partial charge is 0.276 e. The van der Waals surface area contributed by atoms with Crippen molar-refractivity contribution in [2.24, 2.45) is 7.05 Å². The predicted octanol–water partition coefficient (Wildman–Crippen LogP) is 2.06. The molecule has 3 aliphatic rings. The van der Waals surface area contributed by atoms with Crippen LogP contribution in [0.1, 0.15) is 45.8 Å². The Morgan fingerprint density at radius 3 is 2.71 bits per heavy atom.